The highest BCUT2D eigenvalue weighted by Crippen LogP contribution is 2.67. The highest BCUT2D eigenvalue weighted by atomic mass is 16.2. The molecule has 28 heavy (non-hydrogen) atoms. The molecule has 4 fully saturated rings. The number of hydrogen-bond donors (Lipinski definition) is 1. The second-order valence-corrected chi connectivity index (χ2v) is 11.5. The van der Waals surface area contributed by atoms with Crippen molar-refractivity contribution >= 4 is 5.91 Å². The normalized spacial score (nSPS) is 48.9. The van der Waals surface area contributed by atoms with E-state index in [0.29, 0.717) is 22.8 Å². The molecule has 1 N–H and O–H groups in total. The number of amides is 1. The Bertz CT molecular complexity index is 605. The fourth-order valence-electron chi connectivity index (χ4n) is 8.91. The summed E-state index contributed by atoms with van der Waals surface area (Å²) in [5.41, 5.74) is 1.02. The van der Waals surface area contributed by atoms with Crippen LogP contribution in [0.4, 0.5) is 0 Å². The van der Waals surface area contributed by atoms with E-state index in [1.165, 1.54) is 57.8 Å². The lowest BCUT2D eigenvalue weighted by atomic mass is 9.44. The van der Waals surface area contributed by atoms with Crippen LogP contribution in [0.25, 0.3) is 0 Å². The first-order valence-electron chi connectivity index (χ1n) is 12.1. The molecule has 0 radical (unpaired) electrons. The summed E-state index contributed by atoms with van der Waals surface area (Å²) in [5.74, 6) is 4.61. The molecule has 0 aromatic heterocycles. The van der Waals surface area contributed by atoms with Crippen molar-refractivity contribution < 1.29 is 4.79 Å². The molecular formula is C25H44N2O. The van der Waals surface area contributed by atoms with Gasteiger partial charge in [0, 0.05) is 26.1 Å². The fourth-order valence-corrected chi connectivity index (χ4v) is 8.91. The third kappa shape index (κ3) is 2.97. The van der Waals surface area contributed by atoms with Crippen LogP contribution in [0.15, 0.2) is 0 Å². The Hall–Kier alpha value is -0.570. The predicted molar refractivity (Wildman–Crippen MR) is 116 cm³/mol. The summed E-state index contributed by atoms with van der Waals surface area (Å²) in [5, 5.41) is 3.57. The van der Waals surface area contributed by atoms with Crippen LogP contribution in [0.3, 0.4) is 0 Å². The van der Waals surface area contributed by atoms with Gasteiger partial charge in [0.15, 0.2) is 0 Å². The van der Waals surface area contributed by atoms with Crippen molar-refractivity contribution in [3.8, 4) is 0 Å². The van der Waals surface area contributed by atoms with Crippen molar-refractivity contribution in [2.45, 2.75) is 97.6 Å². The first-order chi connectivity index (χ1) is 13.2. The minimum Gasteiger partial charge on any atom is -0.343 e. The second kappa shape index (κ2) is 7.29. The second-order valence-electron chi connectivity index (χ2n) is 11.5. The van der Waals surface area contributed by atoms with Crippen molar-refractivity contribution in [1.29, 1.82) is 0 Å². The van der Waals surface area contributed by atoms with E-state index in [2.05, 4.69) is 33.1 Å². The SMILES string of the molecule is CN[C@H]1CC[C@@]2(C)[C@@H](CC[C@@H]3[C@@H]2CC[C@]2(C)[C@@H]([C@H](C)N(C)C(C)=O)CC[C@@H]32)C1. The average molecular weight is 389 g/mol. The van der Waals surface area contributed by atoms with Crippen molar-refractivity contribution in [2.24, 2.45) is 40.4 Å². The number of nitrogens with zero attached hydrogens (tertiary/aromatic N) is 1. The molecule has 3 heteroatoms. The molecule has 1 amide bonds. The lowest BCUT2D eigenvalue weighted by Gasteiger charge is -2.61. The van der Waals surface area contributed by atoms with E-state index < -0.39 is 0 Å². The molecule has 0 bridgehead atoms. The zero-order chi connectivity index (χ0) is 20.3. The van der Waals surface area contributed by atoms with E-state index in [4.69, 9.17) is 0 Å². The van der Waals surface area contributed by atoms with Gasteiger partial charge in [-0.3, -0.25) is 4.79 Å². The minimum atomic E-state index is 0.225. The summed E-state index contributed by atoms with van der Waals surface area (Å²) < 4.78 is 0. The first kappa shape index (κ1) is 20.7. The van der Waals surface area contributed by atoms with E-state index in [9.17, 15) is 4.79 Å². The molecule has 4 saturated carbocycles. The van der Waals surface area contributed by atoms with Crippen LogP contribution in [0.1, 0.15) is 85.5 Å². The summed E-state index contributed by atoms with van der Waals surface area (Å²) in [6.45, 7) is 9.30. The largest absolute Gasteiger partial charge is 0.343 e. The standard InChI is InChI=1S/C25H44N2O/c1-16(27(6)17(2)28)21-9-10-22-20-8-7-18-15-19(26-5)11-13-24(18,3)23(20)12-14-25(21,22)4/h16,18-23,26H,7-15H2,1-6H3/t16-,18-,19-,20-,21+,22-,23-,24-,25+/m0/s1. The number of carbonyl (C=O) groups excluding carboxylic acids is 1. The maximum atomic E-state index is 12.0. The van der Waals surface area contributed by atoms with Crippen LogP contribution in [0.2, 0.25) is 0 Å². The maximum Gasteiger partial charge on any atom is 0.219 e. The van der Waals surface area contributed by atoms with Gasteiger partial charge < -0.3 is 10.2 Å². The molecule has 3 nitrogen and oxygen atoms in total. The van der Waals surface area contributed by atoms with Gasteiger partial charge in [-0.2, -0.15) is 0 Å². The summed E-state index contributed by atoms with van der Waals surface area (Å²) in [6.07, 6.45) is 12.7. The summed E-state index contributed by atoms with van der Waals surface area (Å²) in [4.78, 5) is 14.0. The van der Waals surface area contributed by atoms with Gasteiger partial charge >= 0.3 is 0 Å². The Morgan fingerprint density at radius 2 is 1.68 bits per heavy atom. The highest BCUT2D eigenvalue weighted by molar-refractivity contribution is 5.73. The number of hydrogen-bond acceptors (Lipinski definition) is 2. The predicted octanol–water partition coefficient (Wildman–Crippen LogP) is 5.10. The van der Waals surface area contributed by atoms with E-state index in [-0.39, 0.29) is 5.91 Å². The van der Waals surface area contributed by atoms with Crippen molar-refractivity contribution in [2.75, 3.05) is 14.1 Å². The number of carbonyl (C=O) groups is 1. The van der Waals surface area contributed by atoms with Crippen LogP contribution in [-0.2, 0) is 4.79 Å². The summed E-state index contributed by atoms with van der Waals surface area (Å²) in [7, 11) is 4.17. The minimum absolute atomic E-state index is 0.225. The van der Waals surface area contributed by atoms with Crippen molar-refractivity contribution in [1.82, 2.24) is 10.2 Å². The zero-order valence-corrected chi connectivity index (χ0v) is 19.3. The van der Waals surface area contributed by atoms with Gasteiger partial charge in [0.2, 0.25) is 5.91 Å². The Morgan fingerprint density at radius 3 is 2.36 bits per heavy atom. The van der Waals surface area contributed by atoms with Gasteiger partial charge in [-0.1, -0.05) is 13.8 Å². The third-order valence-electron chi connectivity index (χ3n) is 10.8. The Balaban J connectivity index is 1.54. The lowest BCUT2D eigenvalue weighted by molar-refractivity contribution is -0.135. The Kier molecular flexibility index (Phi) is 5.39. The van der Waals surface area contributed by atoms with Crippen LogP contribution in [0.5, 0.6) is 0 Å². The molecule has 0 spiro atoms. The van der Waals surface area contributed by atoms with Crippen molar-refractivity contribution in [3.05, 3.63) is 0 Å². The number of rotatable bonds is 3. The molecular weight excluding hydrogens is 344 g/mol. The van der Waals surface area contributed by atoms with E-state index in [1.807, 2.05) is 11.9 Å². The molecule has 0 unspecified atom stereocenters. The molecule has 0 aliphatic heterocycles. The van der Waals surface area contributed by atoms with E-state index in [0.717, 1.165) is 29.7 Å². The van der Waals surface area contributed by atoms with Crippen LogP contribution >= 0.6 is 0 Å². The quantitative estimate of drug-likeness (QED) is 0.729. The molecule has 0 saturated heterocycles. The topological polar surface area (TPSA) is 32.3 Å². The molecule has 4 rings (SSSR count). The first-order valence-corrected chi connectivity index (χ1v) is 12.1. The number of nitrogens with one attached hydrogen (secondary N) is 1. The van der Waals surface area contributed by atoms with E-state index >= 15 is 0 Å². The molecule has 0 aromatic rings. The molecule has 0 heterocycles. The molecule has 160 valence electrons. The van der Waals surface area contributed by atoms with Crippen LogP contribution in [-0.4, -0.2) is 37.0 Å². The molecule has 0 aromatic carbocycles. The van der Waals surface area contributed by atoms with Gasteiger partial charge in [-0.05, 0) is 112 Å². The highest BCUT2D eigenvalue weighted by Gasteiger charge is 2.60. The van der Waals surface area contributed by atoms with Gasteiger partial charge in [0.25, 0.3) is 0 Å². The molecule has 4 aliphatic carbocycles. The summed E-state index contributed by atoms with van der Waals surface area (Å²) >= 11 is 0. The van der Waals surface area contributed by atoms with Crippen molar-refractivity contribution in [3.63, 3.8) is 0 Å². The fraction of sp³-hybridized carbons (Fsp3) is 0.960. The lowest BCUT2D eigenvalue weighted by Crippen LogP contribution is -2.56. The monoisotopic (exact) mass is 388 g/mol. The number of fused-ring (bicyclic) bond motifs is 5. The zero-order valence-electron chi connectivity index (χ0n) is 19.3. The molecule has 4 aliphatic rings. The van der Waals surface area contributed by atoms with Crippen LogP contribution in [0, 0.1) is 40.4 Å². The van der Waals surface area contributed by atoms with Crippen LogP contribution < -0.4 is 5.32 Å². The maximum absolute atomic E-state index is 12.0. The van der Waals surface area contributed by atoms with Gasteiger partial charge in [0.05, 0.1) is 0 Å². The van der Waals surface area contributed by atoms with Gasteiger partial charge in [-0.15, -0.1) is 0 Å². The average Bonchev–Trinajstić information content (AvgIpc) is 3.03. The van der Waals surface area contributed by atoms with E-state index in [1.54, 1.807) is 6.92 Å². The summed E-state index contributed by atoms with van der Waals surface area (Å²) in [6, 6.07) is 1.13. The third-order valence-corrected chi connectivity index (χ3v) is 10.8. The van der Waals surface area contributed by atoms with Gasteiger partial charge in [0.1, 0.15) is 0 Å². The molecule has 9 atom stereocenters. The van der Waals surface area contributed by atoms with Gasteiger partial charge in [-0.25, -0.2) is 0 Å². The Morgan fingerprint density at radius 1 is 1.00 bits per heavy atom. The Labute approximate surface area is 173 Å². The smallest absolute Gasteiger partial charge is 0.219 e.